The van der Waals surface area contributed by atoms with E-state index in [0.717, 1.165) is 0 Å². The van der Waals surface area contributed by atoms with E-state index in [9.17, 15) is 9.59 Å². The van der Waals surface area contributed by atoms with Gasteiger partial charge in [0, 0.05) is 12.6 Å². The number of amides is 2. The minimum atomic E-state index is -0.328. The Morgan fingerprint density at radius 3 is 2.32 bits per heavy atom. The first kappa shape index (κ1) is 18.8. The summed E-state index contributed by atoms with van der Waals surface area (Å²) in [6.07, 6.45) is 0.0659. The lowest BCUT2D eigenvalue weighted by atomic mass is 10.2. The summed E-state index contributed by atoms with van der Waals surface area (Å²) < 4.78 is 5.59. The number of para-hydroxylation sites is 1. The van der Waals surface area contributed by atoms with Gasteiger partial charge in [0.1, 0.15) is 12.3 Å². The van der Waals surface area contributed by atoms with E-state index in [2.05, 4.69) is 5.32 Å². The Balaban J connectivity index is 2.09. The molecule has 0 saturated heterocycles. The van der Waals surface area contributed by atoms with Crippen molar-refractivity contribution in [3.05, 3.63) is 53.6 Å². The normalized spacial score (nSPS) is 10.4. The molecular weight excluding hydrogens is 340 g/mol. The highest BCUT2D eigenvalue weighted by atomic mass is 35.5. The summed E-state index contributed by atoms with van der Waals surface area (Å²) in [5.41, 5.74) is 1.14. The monoisotopic (exact) mass is 360 g/mol. The molecule has 0 aromatic heterocycles. The molecule has 25 heavy (non-hydrogen) atoms. The summed E-state index contributed by atoms with van der Waals surface area (Å²) >= 11 is 6.03. The molecule has 0 aliphatic heterocycles. The number of nitrogens with one attached hydrogen (secondary N) is 1. The van der Waals surface area contributed by atoms with Gasteiger partial charge in [-0.05, 0) is 50.2 Å². The molecule has 0 aliphatic rings. The van der Waals surface area contributed by atoms with Gasteiger partial charge in [-0.1, -0.05) is 23.7 Å². The average Bonchev–Trinajstić information content (AvgIpc) is 2.55. The Hall–Kier alpha value is -2.53. The molecule has 0 unspecified atom stereocenters. The molecule has 2 aromatic rings. The molecule has 1 N–H and O–H groups in total. The third kappa shape index (κ3) is 5.50. The Labute approximate surface area is 152 Å². The molecule has 0 radical (unpaired) electrons. The van der Waals surface area contributed by atoms with Crippen LogP contribution in [0.15, 0.2) is 48.5 Å². The number of anilines is 2. The number of carbonyl (C=O) groups excluding carboxylic acids is 2. The Kier molecular flexibility index (Phi) is 6.42. The van der Waals surface area contributed by atoms with Crippen molar-refractivity contribution in [3.63, 3.8) is 0 Å². The van der Waals surface area contributed by atoms with Crippen LogP contribution >= 0.6 is 11.6 Å². The van der Waals surface area contributed by atoms with Crippen molar-refractivity contribution in [2.45, 2.75) is 26.9 Å². The largest absolute Gasteiger partial charge is 0.491 e. The number of hydrogen-bond donors (Lipinski definition) is 1. The van der Waals surface area contributed by atoms with Crippen LogP contribution in [-0.4, -0.2) is 24.5 Å². The first-order chi connectivity index (χ1) is 11.9. The molecule has 0 atom stereocenters. The van der Waals surface area contributed by atoms with E-state index < -0.39 is 0 Å². The predicted molar refractivity (Wildman–Crippen MR) is 100 cm³/mol. The summed E-state index contributed by atoms with van der Waals surface area (Å²) in [5, 5.41) is 3.16. The zero-order valence-corrected chi connectivity index (χ0v) is 15.2. The van der Waals surface area contributed by atoms with E-state index >= 15 is 0 Å². The molecule has 2 amide bonds. The first-order valence-electron chi connectivity index (χ1n) is 7.96. The Bertz CT molecular complexity index is 745. The van der Waals surface area contributed by atoms with Crippen molar-refractivity contribution in [3.8, 4) is 5.75 Å². The van der Waals surface area contributed by atoms with Crippen LogP contribution in [-0.2, 0) is 9.59 Å². The van der Waals surface area contributed by atoms with Crippen LogP contribution in [0, 0.1) is 0 Å². The Morgan fingerprint density at radius 2 is 1.76 bits per heavy atom. The number of hydrogen-bond acceptors (Lipinski definition) is 3. The molecular formula is C19H21ClN2O3. The molecule has 5 nitrogen and oxygen atoms in total. The fraction of sp³-hybridized carbons (Fsp3) is 0.263. The highest BCUT2D eigenvalue weighted by molar-refractivity contribution is 6.33. The Morgan fingerprint density at radius 1 is 1.12 bits per heavy atom. The molecule has 0 bridgehead atoms. The second kappa shape index (κ2) is 8.53. The van der Waals surface area contributed by atoms with Crippen LogP contribution in [0.5, 0.6) is 5.75 Å². The van der Waals surface area contributed by atoms with Gasteiger partial charge in [-0.15, -0.1) is 0 Å². The van der Waals surface area contributed by atoms with E-state index in [1.165, 1.54) is 11.8 Å². The van der Waals surface area contributed by atoms with E-state index in [0.29, 0.717) is 22.1 Å². The van der Waals surface area contributed by atoms with Gasteiger partial charge in [0.2, 0.25) is 11.8 Å². The van der Waals surface area contributed by atoms with Gasteiger partial charge in [-0.3, -0.25) is 9.59 Å². The molecule has 0 aliphatic carbocycles. The number of carbonyl (C=O) groups is 2. The highest BCUT2D eigenvalue weighted by Crippen LogP contribution is 2.22. The number of ether oxygens (including phenoxy) is 1. The maximum Gasteiger partial charge on any atom is 0.244 e. The van der Waals surface area contributed by atoms with Crippen molar-refractivity contribution in [2.24, 2.45) is 0 Å². The predicted octanol–water partition coefficient (Wildman–Crippen LogP) is 4.12. The zero-order chi connectivity index (χ0) is 18.4. The molecule has 2 aromatic carbocycles. The minimum absolute atomic E-state index is 0.0659. The SMILES string of the molecule is CC(=O)N(CC(=O)Nc1ccccc1Cl)c1ccc(OC(C)C)cc1. The third-order valence-electron chi connectivity index (χ3n) is 3.35. The summed E-state index contributed by atoms with van der Waals surface area (Å²) in [6, 6.07) is 14.0. The van der Waals surface area contributed by atoms with Crippen LogP contribution in [0.4, 0.5) is 11.4 Å². The van der Waals surface area contributed by atoms with E-state index in [1.807, 2.05) is 13.8 Å². The lowest BCUT2D eigenvalue weighted by molar-refractivity contribution is -0.120. The number of rotatable bonds is 6. The van der Waals surface area contributed by atoms with Crippen molar-refractivity contribution in [2.75, 3.05) is 16.8 Å². The third-order valence-corrected chi connectivity index (χ3v) is 3.68. The van der Waals surface area contributed by atoms with Crippen molar-refractivity contribution in [1.82, 2.24) is 0 Å². The fourth-order valence-electron chi connectivity index (χ4n) is 2.26. The van der Waals surface area contributed by atoms with Crippen molar-refractivity contribution < 1.29 is 14.3 Å². The van der Waals surface area contributed by atoms with Gasteiger partial charge < -0.3 is 15.0 Å². The summed E-state index contributed by atoms with van der Waals surface area (Å²) in [7, 11) is 0. The molecule has 0 heterocycles. The topological polar surface area (TPSA) is 58.6 Å². The molecule has 2 rings (SSSR count). The zero-order valence-electron chi connectivity index (χ0n) is 14.5. The van der Waals surface area contributed by atoms with Gasteiger partial charge in [0.05, 0.1) is 16.8 Å². The highest BCUT2D eigenvalue weighted by Gasteiger charge is 2.16. The maximum atomic E-state index is 12.3. The lowest BCUT2D eigenvalue weighted by Gasteiger charge is -2.21. The number of benzene rings is 2. The van der Waals surface area contributed by atoms with Gasteiger partial charge >= 0.3 is 0 Å². The van der Waals surface area contributed by atoms with Crippen LogP contribution < -0.4 is 15.0 Å². The maximum absolute atomic E-state index is 12.3. The van der Waals surface area contributed by atoms with Crippen LogP contribution in [0.1, 0.15) is 20.8 Å². The van der Waals surface area contributed by atoms with Gasteiger partial charge in [-0.25, -0.2) is 0 Å². The number of halogens is 1. The van der Waals surface area contributed by atoms with E-state index in [1.54, 1.807) is 48.5 Å². The van der Waals surface area contributed by atoms with E-state index in [-0.39, 0.29) is 24.5 Å². The lowest BCUT2D eigenvalue weighted by Crippen LogP contribution is -2.36. The second-order valence-corrected chi connectivity index (χ2v) is 6.20. The summed E-state index contributed by atoms with van der Waals surface area (Å²) in [6.45, 7) is 5.19. The number of nitrogens with zero attached hydrogens (tertiary/aromatic N) is 1. The van der Waals surface area contributed by atoms with Crippen LogP contribution in [0.2, 0.25) is 5.02 Å². The molecule has 0 saturated carbocycles. The summed E-state index contributed by atoms with van der Waals surface area (Å²) in [5.74, 6) is 0.153. The quantitative estimate of drug-likeness (QED) is 0.843. The molecule has 6 heteroatoms. The van der Waals surface area contributed by atoms with Crippen LogP contribution in [0.3, 0.4) is 0 Å². The standard InChI is InChI=1S/C19H21ClN2O3/c1-13(2)25-16-10-8-15(9-11-16)22(14(3)23)12-19(24)21-18-7-5-4-6-17(18)20/h4-11,13H,12H2,1-3H3,(H,21,24). The minimum Gasteiger partial charge on any atom is -0.491 e. The molecule has 0 fully saturated rings. The van der Waals surface area contributed by atoms with E-state index in [4.69, 9.17) is 16.3 Å². The summed E-state index contributed by atoms with van der Waals surface area (Å²) in [4.78, 5) is 25.6. The molecule has 0 spiro atoms. The van der Waals surface area contributed by atoms with Gasteiger partial charge in [0.25, 0.3) is 0 Å². The van der Waals surface area contributed by atoms with Crippen molar-refractivity contribution in [1.29, 1.82) is 0 Å². The molecule has 132 valence electrons. The van der Waals surface area contributed by atoms with Crippen molar-refractivity contribution >= 4 is 34.8 Å². The smallest absolute Gasteiger partial charge is 0.244 e. The van der Waals surface area contributed by atoms with Gasteiger partial charge in [0.15, 0.2) is 0 Å². The van der Waals surface area contributed by atoms with Crippen LogP contribution in [0.25, 0.3) is 0 Å². The second-order valence-electron chi connectivity index (χ2n) is 5.79. The van der Waals surface area contributed by atoms with Gasteiger partial charge in [-0.2, -0.15) is 0 Å². The first-order valence-corrected chi connectivity index (χ1v) is 8.34. The average molecular weight is 361 g/mol. The fourth-order valence-corrected chi connectivity index (χ4v) is 2.44.